The Balaban J connectivity index is 1.90. The van der Waals surface area contributed by atoms with E-state index in [1.165, 1.54) is 11.3 Å². The van der Waals surface area contributed by atoms with Crippen molar-refractivity contribution >= 4 is 34.2 Å². The van der Waals surface area contributed by atoms with E-state index in [9.17, 15) is 14.4 Å². The topological polar surface area (TPSA) is 79.4 Å². The third kappa shape index (κ3) is 3.32. The Labute approximate surface area is 149 Å². The molecule has 1 N–H and O–H groups in total. The number of benzene rings is 1. The van der Waals surface area contributed by atoms with E-state index in [0.29, 0.717) is 22.7 Å². The first-order valence-corrected chi connectivity index (χ1v) is 8.90. The fraction of sp³-hybridized carbons (Fsp3) is 0.333. The molecule has 1 aliphatic heterocycles. The van der Waals surface area contributed by atoms with Gasteiger partial charge in [0.15, 0.2) is 5.13 Å². The average Bonchev–Trinajstić information content (AvgIpc) is 3.08. The summed E-state index contributed by atoms with van der Waals surface area (Å²) in [7, 11) is 0. The summed E-state index contributed by atoms with van der Waals surface area (Å²) in [5.74, 6) is -1.09. The van der Waals surface area contributed by atoms with Crippen molar-refractivity contribution in [3.8, 4) is 0 Å². The molecular weight excluding hydrogens is 338 g/mol. The summed E-state index contributed by atoms with van der Waals surface area (Å²) in [4.78, 5) is 44.4. The smallest absolute Gasteiger partial charge is 0.262 e. The molecule has 1 atom stereocenters. The summed E-state index contributed by atoms with van der Waals surface area (Å²) in [6.45, 7) is 5.79. The second-order valence-corrected chi connectivity index (χ2v) is 7.67. The van der Waals surface area contributed by atoms with Crippen molar-refractivity contribution in [2.75, 3.05) is 5.32 Å². The third-order valence-electron chi connectivity index (χ3n) is 3.99. The van der Waals surface area contributed by atoms with Gasteiger partial charge in [-0.3, -0.25) is 19.3 Å². The molecule has 3 rings (SSSR count). The maximum atomic E-state index is 12.8. The monoisotopic (exact) mass is 357 g/mol. The van der Waals surface area contributed by atoms with Crippen LogP contribution in [0, 0.1) is 12.8 Å². The van der Waals surface area contributed by atoms with Crippen molar-refractivity contribution in [1.29, 1.82) is 0 Å². The molecule has 2 aromatic rings. The first-order chi connectivity index (χ1) is 11.9. The Morgan fingerprint density at radius 1 is 1.20 bits per heavy atom. The predicted molar refractivity (Wildman–Crippen MR) is 95.7 cm³/mol. The number of nitrogens with zero attached hydrogens (tertiary/aromatic N) is 2. The Bertz CT molecular complexity index is 809. The Morgan fingerprint density at radius 2 is 1.80 bits per heavy atom. The lowest BCUT2D eigenvalue weighted by atomic mass is 10.0. The van der Waals surface area contributed by atoms with Crippen molar-refractivity contribution in [2.24, 2.45) is 5.92 Å². The number of aromatic nitrogens is 1. The van der Waals surface area contributed by atoms with E-state index in [-0.39, 0.29) is 5.92 Å². The van der Waals surface area contributed by atoms with Crippen molar-refractivity contribution in [2.45, 2.75) is 33.2 Å². The molecule has 0 aliphatic carbocycles. The molecule has 0 saturated heterocycles. The summed E-state index contributed by atoms with van der Waals surface area (Å²) in [6, 6.07) is 5.79. The van der Waals surface area contributed by atoms with Crippen LogP contribution in [0.25, 0.3) is 0 Å². The van der Waals surface area contributed by atoms with Gasteiger partial charge in [0, 0.05) is 11.1 Å². The SMILES string of the molecule is Cc1cnc(NC(=O)[C@@H](CC(C)C)N2C(=O)c3ccccc3C2=O)s1. The first-order valence-electron chi connectivity index (χ1n) is 8.08. The molecule has 7 heteroatoms. The molecule has 0 fully saturated rings. The maximum Gasteiger partial charge on any atom is 0.262 e. The number of fused-ring (bicyclic) bond motifs is 1. The maximum absolute atomic E-state index is 12.8. The highest BCUT2D eigenvalue weighted by Gasteiger charge is 2.42. The molecule has 25 heavy (non-hydrogen) atoms. The Kier molecular flexibility index (Phi) is 4.67. The molecule has 1 aliphatic rings. The standard InChI is InChI=1S/C18H19N3O3S/c1-10(2)8-14(15(22)20-18-19-9-11(3)25-18)21-16(23)12-6-4-5-7-13(12)17(21)24/h4-7,9-10,14H,8H2,1-3H3,(H,19,20,22)/t14-/m1/s1. The highest BCUT2D eigenvalue weighted by molar-refractivity contribution is 7.15. The van der Waals surface area contributed by atoms with Crippen molar-refractivity contribution in [3.05, 3.63) is 46.5 Å². The number of anilines is 1. The molecule has 1 aromatic carbocycles. The van der Waals surface area contributed by atoms with Gasteiger partial charge >= 0.3 is 0 Å². The van der Waals surface area contributed by atoms with E-state index in [1.54, 1.807) is 30.5 Å². The minimum atomic E-state index is -0.864. The summed E-state index contributed by atoms with van der Waals surface area (Å²) in [5.41, 5.74) is 0.693. The van der Waals surface area contributed by atoms with Crippen molar-refractivity contribution < 1.29 is 14.4 Å². The second-order valence-electron chi connectivity index (χ2n) is 6.44. The van der Waals surface area contributed by atoms with E-state index >= 15 is 0 Å². The molecule has 6 nitrogen and oxygen atoms in total. The largest absolute Gasteiger partial charge is 0.300 e. The molecule has 1 aromatic heterocycles. The number of nitrogens with one attached hydrogen (secondary N) is 1. The van der Waals surface area contributed by atoms with E-state index in [2.05, 4.69) is 10.3 Å². The van der Waals surface area contributed by atoms with E-state index in [4.69, 9.17) is 0 Å². The minimum Gasteiger partial charge on any atom is -0.300 e. The normalized spacial score (nSPS) is 14.8. The Morgan fingerprint density at radius 3 is 2.28 bits per heavy atom. The molecule has 3 amide bonds. The summed E-state index contributed by atoms with van der Waals surface area (Å²) < 4.78 is 0. The number of carbonyl (C=O) groups is 3. The number of imide groups is 1. The van der Waals surface area contributed by atoms with Crippen LogP contribution in [0.15, 0.2) is 30.5 Å². The van der Waals surface area contributed by atoms with Gasteiger partial charge in [0.05, 0.1) is 11.1 Å². The van der Waals surface area contributed by atoms with Crippen LogP contribution in [0.3, 0.4) is 0 Å². The average molecular weight is 357 g/mol. The number of rotatable bonds is 5. The molecule has 0 spiro atoms. The zero-order valence-electron chi connectivity index (χ0n) is 14.3. The molecular formula is C18H19N3O3S. The van der Waals surface area contributed by atoms with E-state index in [0.717, 1.165) is 9.78 Å². The van der Waals surface area contributed by atoms with Crippen LogP contribution in [0.2, 0.25) is 0 Å². The fourth-order valence-electron chi connectivity index (χ4n) is 2.87. The summed E-state index contributed by atoms with van der Waals surface area (Å²) >= 11 is 1.35. The van der Waals surface area contributed by atoms with Gasteiger partial charge in [0.25, 0.3) is 11.8 Å². The van der Waals surface area contributed by atoms with Crippen LogP contribution in [0.1, 0.15) is 45.9 Å². The molecule has 0 unspecified atom stereocenters. The van der Waals surface area contributed by atoms with Gasteiger partial charge in [-0.2, -0.15) is 0 Å². The molecule has 0 bridgehead atoms. The lowest BCUT2D eigenvalue weighted by Gasteiger charge is -2.26. The van der Waals surface area contributed by atoms with Crippen LogP contribution in [-0.4, -0.2) is 33.6 Å². The second kappa shape index (κ2) is 6.76. The number of hydrogen-bond donors (Lipinski definition) is 1. The van der Waals surface area contributed by atoms with Crippen LogP contribution < -0.4 is 5.32 Å². The van der Waals surface area contributed by atoms with Crippen LogP contribution in [0.4, 0.5) is 5.13 Å². The summed E-state index contributed by atoms with van der Waals surface area (Å²) in [6.07, 6.45) is 2.06. The van der Waals surface area contributed by atoms with Gasteiger partial charge in [-0.1, -0.05) is 26.0 Å². The van der Waals surface area contributed by atoms with Crippen LogP contribution in [0.5, 0.6) is 0 Å². The van der Waals surface area contributed by atoms with Gasteiger partial charge in [0.1, 0.15) is 6.04 Å². The van der Waals surface area contributed by atoms with Gasteiger partial charge in [0.2, 0.25) is 5.91 Å². The Hall–Kier alpha value is -2.54. The van der Waals surface area contributed by atoms with Crippen molar-refractivity contribution in [1.82, 2.24) is 9.88 Å². The van der Waals surface area contributed by atoms with Crippen molar-refractivity contribution in [3.63, 3.8) is 0 Å². The lowest BCUT2D eigenvalue weighted by Crippen LogP contribution is -2.47. The number of carbonyl (C=O) groups excluding carboxylic acids is 3. The van der Waals surface area contributed by atoms with Crippen LogP contribution in [-0.2, 0) is 4.79 Å². The number of hydrogen-bond acceptors (Lipinski definition) is 5. The molecule has 0 radical (unpaired) electrons. The zero-order chi connectivity index (χ0) is 18.1. The van der Waals surface area contributed by atoms with Gasteiger partial charge < -0.3 is 5.32 Å². The quantitative estimate of drug-likeness (QED) is 0.834. The van der Waals surface area contributed by atoms with E-state index in [1.807, 2.05) is 20.8 Å². The molecule has 2 heterocycles. The highest BCUT2D eigenvalue weighted by atomic mass is 32.1. The summed E-state index contributed by atoms with van der Waals surface area (Å²) in [5, 5.41) is 3.20. The third-order valence-corrected chi connectivity index (χ3v) is 4.81. The van der Waals surface area contributed by atoms with Gasteiger partial charge in [-0.15, -0.1) is 11.3 Å². The van der Waals surface area contributed by atoms with Crippen LogP contribution >= 0.6 is 11.3 Å². The van der Waals surface area contributed by atoms with E-state index < -0.39 is 23.8 Å². The number of amides is 3. The minimum absolute atomic E-state index is 0.137. The highest BCUT2D eigenvalue weighted by Crippen LogP contribution is 2.28. The molecule has 0 saturated carbocycles. The first kappa shape index (κ1) is 17.3. The number of aryl methyl sites for hydroxylation is 1. The molecule has 130 valence electrons. The predicted octanol–water partition coefficient (Wildman–Crippen LogP) is 3.10. The number of thiazole rings is 1. The zero-order valence-corrected chi connectivity index (χ0v) is 15.1. The lowest BCUT2D eigenvalue weighted by molar-refractivity contribution is -0.120. The fourth-order valence-corrected chi connectivity index (χ4v) is 3.54. The van der Waals surface area contributed by atoms with Gasteiger partial charge in [-0.25, -0.2) is 4.98 Å². The van der Waals surface area contributed by atoms with Gasteiger partial charge in [-0.05, 0) is 31.4 Å².